The number of amides is 1. The highest BCUT2D eigenvalue weighted by Gasteiger charge is 2.08. The largest absolute Gasteiger partial charge is 0.488 e. The highest BCUT2D eigenvalue weighted by atomic mass is 35.5. The van der Waals surface area contributed by atoms with Crippen LogP contribution in [-0.4, -0.2) is 12.1 Å². The molecule has 0 fully saturated rings. The molecule has 4 nitrogen and oxygen atoms in total. The standard InChI is InChI=1S/C20H17ClN2O2/c1-14(24)23-22-12-18-17-8-4-2-6-15(17)10-11-20(18)25-13-16-7-3-5-9-19(16)21/h2-12H,13H2,1H3,(H,23,24)/b22-12-. The number of carbonyl (C=O) groups excluding carboxylic acids is 1. The first-order valence-corrected chi connectivity index (χ1v) is 8.20. The zero-order chi connectivity index (χ0) is 17.6. The molecule has 126 valence electrons. The molecule has 0 radical (unpaired) electrons. The number of hydrazone groups is 1. The van der Waals surface area contributed by atoms with Crippen molar-refractivity contribution in [2.75, 3.05) is 0 Å². The molecule has 0 aliphatic heterocycles. The summed E-state index contributed by atoms with van der Waals surface area (Å²) < 4.78 is 5.98. The monoisotopic (exact) mass is 352 g/mol. The molecule has 3 rings (SSSR count). The molecule has 0 unspecified atom stereocenters. The summed E-state index contributed by atoms with van der Waals surface area (Å²) in [6, 6.07) is 19.4. The van der Waals surface area contributed by atoms with E-state index in [2.05, 4.69) is 10.5 Å². The highest BCUT2D eigenvalue weighted by Crippen LogP contribution is 2.28. The molecule has 0 aromatic heterocycles. The van der Waals surface area contributed by atoms with Gasteiger partial charge in [-0.15, -0.1) is 0 Å². The number of halogens is 1. The van der Waals surface area contributed by atoms with Gasteiger partial charge >= 0.3 is 0 Å². The number of carbonyl (C=O) groups is 1. The van der Waals surface area contributed by atoms with Crippen LogP contribution in [0.4, 0.5) is 0 Å². The number of rotatable bonds is 5. The van der Waals surface area contributed by atoms with E-state index in [4.69, 9.17) is 16.3 Å². The first-order chi connectivity index (χ1) is 12.1. The van der Waals surface area contributed by atoms with Gasteiger partial charge in [0.2, 0.25) is 5.91 Å². The Hall–Kier alpha value is -2.85. The number of benzene rings is 3. The maximum atomic E-state index is 11.1. The van der Waals surface area contributed by atoms with E-state index in [1.807, 2.05) is 60.7 Å². The van der Waals surface area contributed by atoms with Crippen LogP contribution >= 0.6 is 11.6 Å². The molecule has 1 N–H and O–H groups in total. The van der Waals surface area contributed by atoms with Crippen LogP contribution in [0.2, 0.25) is 5.02 Å². The third kappa shape index (κ3) is 4.17. The molecule has 0 bridgehead atoms. The predicted octanol–water partition coefficient (Wildman–Crippen LogP) is 4.54. The van der Waals surface area contributed by atoms with E-state index in [1.165, 1.54) is 6.92 Å². The van der Waals surface area contributed by atoms with E-state index in [9.17, 15) is 4.79 Å². The summed E-state index contributed by atoms with van der Waals surface area (Å²) >= 11 is 6.19. The number of fused-ring (bicyclic) bond motifs is 1. The third-order valence-electron chi connectivity index (χ3n) is 3.69. The maximum absolute atomic E-state index is 11.1. The molecule has 25 heavy (non-hydrogen) atoms. The Balaban J connectivity index is 1.94. The first-order valence-electron chi connectivity index (χ1n) is 7.83. The molecule has 0 saturated carbocycles. The zero-order valence-electron chi connectivity index (χ0n) is 13.7. The van der Waals surface area contributed by atoms with Crippen molar-refractivity contribution in [3.63, 3.8) is 0 Å². The molecule has 0 aliphatic rings. The lowest BCUT2D eigenvalue weighted by Gasteiger charge is -2.12. The van der Waals surface area contributed by atoms with Crippen molar-refractivity contribution in [1.29, 1.82) is 0 Å². The van der Waals surface area contributed by atoms with Crippen LogP contribution in [0.1, 0.15) is 18.1 Å². The van der Waals surface area contributed by atoms with Gasteiger partial charge in [0.1, 0.15) is 12.4 Å². The Bertz CT molecular complexity index is 938. The lowest BCUT2D eigenvalue weighted by atomic mass is 10.0. The van der Waals surface area contributed by atoms with Gasteiger partial charge in [-0.25, -0.2) is 5.43 Å². The minimum absolute atomic E-state index is 0.227. The maximum Gasteiger partial charge on any atom is 0.236 e. The van der Waals surface area contributed by atoms with Crippen LogP contribution in [0.5, 0.6) is 5.75 Å². The fourth-order valence-electron chi connectivity index (χ4n) is 2.49. The summed E-state index contributed by atoms with van der Waals surface area (Å²) in [4.78, 5) is 11.1. The van der Waals surface area contributed by atoms with Gasteiger partial charge in [-0.1, -0.05) is 60.1 Å². The van der Waals surface area contributed by atoms with Crippen LogP contribution in [0.3, 0.4) is 0 Å². The molecule has 1 amide bonds. The Labute approximate surface area is 151 Å². The van der Waals surface area contributed by atoms with Crippen LogP contribution in [0.25, 0.3) is 10.8 Å². The van der Waals surface area contributed by atoms with E-state index in [1.54, 1.807) is 6.21 Å². The smallest absolute Gasteiger partial charge is 0.236 e. The van der Waals surface area contributed by atoms with Gasteiger partial charge in [-0.05, 0) is 22.9 Å². The Morgan fingerprint density at radius 1 is 1.12 bits per heavy atom. The Morgan fingerprint density at radius 3 is 2.68 bits per heavy atom. The van der Waals surface area contributed by atoms with Crippen molar-refractivity contribution in [3.8, 4) is 5.75 Å². The average Bonchev–Trinajstić information content (AvgIpc) is 2.61. The van der Waals surface area contributed by atoms with Crippen molar-refractivity contribution in [1.82, 2.24) is 5.43 Å². The topological polar surface area (TPSA) is 50.7 Å². The Morgan fingerprint density at radius 2 is 1.88 bits per heavy atom. The van der Waals surface area contributed by atoms with Crippen molar-refractivity contribution >= 4 is 34.5 Å². The van der Waals surface area contributed by atoms with E-state index < -0.39 is 0 Å². The van der Waals surface area contributed by atoms with Crippen LogP contribution < -0.4 is 10.2 Å². The molecule has 0 heterocycles. The molecular formula is C20H17ClN2O2. The summed E-state index contributed by atoms with van der Waals surface area (Å²) in [7, 11) is 0. The van der Waals surface area contributed by atoms with Crippen molar-refractivity contribution in [3.05, 3.63) is 76.8 Å². The van der Waals surface area contributed by atoms with Crippen LogP contribution in [-0.2, 0) is 11.4 Å². The molecule has 0 aliphatic carbocycles. The Kier molecular flexibility index (Phi) is 5.31. The SMILES string of the molecule is CC(=O)N/N=C\c1c(OCc2ccccc2Cl)ccc2ccccc12. The third-order valence-corrected chi connectivity index (χ3v) is 4.06. The molecular weight excluding hydrogens is 336 g/mol. The highest BCUT2D eigenvalue weighted by molar-refractivity contribution is 6.31. The summed E-state index contributed by atoms with van der Waals surface area (Å²) in [5, 5.41) is 6.72. The van der Waals surface area contributed by atoms with E-state index in [-0.39, 0.29) is 5.91 Å². The second kappa shape index (κ2) is 7.81. The lowest BCUT2D eigenvalue weighted by Crippen LogP contribution is -2.12. The number of hydrogen-bond acceptors (Lipinski definition) is 3. The normalized spacial score (nSPS) is 11.0. The second-order valence-corrected chi connectivity index (χ2v) is 5.91. The van der Waals surface area contributed by atoms with Crippen molar-refractivity contribution in [2.24, 2.45) is 5.10 Å². The van der Waals surface area contributed by atoms with Gasteiger partial charge < -0.3 is 4.74 Å². The van der Waals surface area contributed by atoms with Gasteiger partial charge in [-0.3, -0.25) is 4.79 Å². The quantitative estimate of drug-likeness (QED) is 0.541. The molecule has 0 spiro atoms. The summed E-state index contributed by atoms with van der Waals surface area (Å²) in [6.45, 7) is 1.76. The molecule has 0 atom stereocenters. The minimum atomic E-state index is -0.227. The van der Waals surface area contributed by atoms with Crippen LogP contribution in [0.15, 0.2) is 65.8 Å². The van der Waals surface area contributed by atoms with Gasteiger partial charge in [0.15, 0.2) is 0 Å². The van der Waals surface area contributed by atoms with E-state index in [0.29, 0.717) is 17.4 Å². The van der Waals surface area contributed by atoms with Gasteiger partial charge in [0.25, 0.3) is 0 Å². The van der Waals surface area contributed by atoms with Crippen molar-refractivity contribution in [2.45, 2.75) is 13.5 Å². The number of nitrogens with zero attached hydrogens (tertiary/aromatic N) is 1. The number of hydrogen-bond donors (Lipinski definition) is 1. The fourth-order valence-corrected chi connectivity index (χ4v) is 2.68. The molecule has 3 aromatic rings. The lowest BCUT2D eigenvalue weighted by molar-refractivity contribution is -0.118. The molecule has 3 aromatic carbocycles. The van der Waals surface area contributed by atoms with Crippen molar-refractivity contribution < 1.29 is 9.53 Å². The van der Waals surface area contributed by atoms with Crippen LogP contribution in [0, 0.1) is 0 Å². The number of ether oxygens (including phenoxy) is 1. The minimum Gasteiger partial charge on any atom is -0.488 e. The fraction of sp³-hybridized carbons (Fsp3) is 0.100. The van der Waals surface area contributed by atoms with Gasteiger partial charge in [0, 0.05) is 23.1 Å². The molecule has 0 saturated heterocycles. The second-order valence-electron chi connectivity index (χ2n) is 5.50. The van der Waals surface area contributed by atoms with Gasteiger partial charge in [-0.2, -0.15) is 5.10 Å². The molecule has 5 heteroatoms. The summed E-state index contributed by atoms with van der Waals surface area (Å²) in [5.41, 5.74) is 4.13. The zero-order valence-corrected chi connectivity index (χ0v) is 14.5. The summed E-state index contributed by atoms with van der Waals surface area (Å²) in [6.07, 6.45) is 1.60. The van der Waals surface area contributed by atoms with Gasteiger partial charge in [0.05, 0.1) is 6.21 Å². The van der Waals surface area contributed by atoms with E-state index in [0.717, 1.165) is 21.9 Å². The van der Waals surface area contributed by atoms with E-state index >= 15 is 0 Å². The summed E-state index contributed by atoms with van der Waals surface area (Å²) in [5.74, 6) is 0.447. The first kappa shape index (κ1) is 17.0. The predicted molar refractivity (Wildman–Crippen MR) is 101 cm³/mol. The average molecular weight is 353 g/mol. The number of nitrogens with one attached hydrogen (secondary N) is 1.